The highest BCUT2D eigenvalue weighted by Gasteiger charge is 2.29. The van der Waals surface area contributed by atoms with E-state index in [0.717, 1.165) is 22.4 Å². The monoisotopic (exact) mass is 446 g/mol. The Morgan fingerprint density at radius 3 is 2.12 bits per heavy atom. The van der Waals surface area contributed by atoms with Gasteiger partial charge in [0, 0.05) is 25.8 Å². The molecule has 1 atom stereocenters. The van der Waals surface area contributed by atoms with Crippen LogP contribution in [0, 0.1) is 6.92 Å². The van der Waals surface area contributed by atoms with Crippen LogP contribution in [0.4, 0.5) is 0 Å². The van der Waals surface area contributed by atoms with Gasteiger partial charge in [0.05, 0.1) is 5.75 Å². The first-order chi connectivity index (χ1) is 15.6. The van der Waals surface area contributed by atoms with Gasteiger partial charge in [-0.2, -0.15) is 0 Å². The molecule has 3 aromatic rings. The van der Waals surface area contributed by atoms with E-state index in [4.69, 9.17) is 0 Å². The minimum absolute atomic E-state index is 0.0306. The number of nitrogens with one attached hydrogen (secondary N) is 1. The summed E-state index contributed by atoms with van der Waals surface area (Å²) in [7, 11) is 1.62. The number of rotatable bonds is 10. The molecule has 0 saturated heterocycles. The second-order valence-corrected chi connectivity index (χ2v) is 8.79. The number of likely N-dealkylation sites (N-methyl/N-ethyl adjacent to an activating group) is 1. The molecule has 32 heavy (non-hydrogen) atoms. The highest BCUT2D eigenvalue weighted by Crippen LogP contribution is 2.19. The highest BCUT2D eigenvalue weighted by molar-refractivity contribution is 7.99. The second kappa shape index (κ2) is 12.1. The number of aryl methyl sites for hydroxylation is 1. The first-order valence-corrected chi connectivity index (χ1v) is 11.9. The van der Waals surface area contributed by atoms with Crippen LogP contribution >= 0.6 is 11.8 Å². The normalized spacial score (nSPS) is 11.6. The number of thioether (sulfide) groups is 1. The van der Waals surface area contributed by atoms with Crippen molar-refractivity contribution >= 4 is 23.6 Å². The summed E-state index contributed by atoms with van der Waals surface area (Å²) >= 11 is 1.58. The van der Waals surface area contributed by atoms with Crippen molar-refractivity contribution < 1.29 is 9.59 Å². The molecule has 0 aromatic heterocycles. The van der Waals surface area contributed by atoms with Crippen LogP contribution in [0.1, 0.15) is 22.3 Å². The molecule has 166 valence electrons. The number of amides is 2. The Kier molecular flexibility index (Phi) is 8.93. The lowest BCUT2D eigenvalue weighted by atomic mass is 10.0. The van der Waals surface area contributed by atoms with Gasteiger partial charge in [0.15, 0.2) is 0 Å². The van der Waals surface area contributed by atoms with Crippen molar-refractivity contribution in [2.45, 2.75) is 31.7 Å². The molecule has 0 aliphatic rings. The molecular formula is C27H30N2O2S. The molecule has 3 rings (SSSR count). The molecule has 0 saturated carbocycles. The molecule has 4 nitrogen and oxygen atoms in total. The van der Waals surface area contributed by atoms with Gasteiger partial charge >= 0.3 is 0 Å². The van der Waals surface area contributed by atoms with E-state index >= 15 is 0 Å². The van der Waals surface area contributed by atoms with Crippen molar-refractivity contribution in [3.63, 3.8) is 0 Å². The van der Waals surface area contributed by atoms with Crippen LogP contribution in [0.15, 0.2) is 84.9 Å². The summed E-state index contributed by atoms with van der Waals surface area (Å²) in [6.45, 7) is 2.43. The number of hydrogen-bond donors (Lipinski definition) is 1. The van der Waals surface area contributed by atoms with E-state index in [0.29, 0.717) is 18.7 Å². The average Bonchev–Trinajstić information content (AvgIpc) is 2.82. The Hall–Kier alpha value is -3.05. The lowest BCUT2D eigenvalue weighted by Crippen LogP contribution is -2.50. The zero-order valence-corrected chi connectivity index (χ0v) is 19.5. The average molecular weight is 447 g/mol. The quantitative estimate of drug-likeness (QED) is 0.495. The van der Waals surface area contributed by atoms with E-state index in [1.165, 1.54) is 5.56 Å². The Morgan fingerprint density at radius 2 is 1.50 bits per heavy atom. The van der Waals surface area contributed by atoms with Crippen molar-refractivity contribution in [2.24, 2.45) is 0 Å². The van der Waals surface area contributed by atoms with Crippen molar-refractivity contribution in [3.05, 3.63) is 107 Å². The Bertz CT molecular complexity index is 1010. The van der Waals surface area contributed by atoms with E-state index < -0.39 is 6.04 Å². The number of hydrogen-bond acceptors (Lipinski definition) is 3. The fourth-order valence-corrected chi connectivity index (χ4v) is 4.51. The maximum absolute atomic E-state index is 13.4. The minimum Gasteiger partial charge on any atom is -0.357 e. The van der Waals surface area contributed by atoms with Gasteiger partial charge in [0.1, 0.15) is 6.04 Å². The topological polar surface area (TPSA) is 49.4 Å². The predicted octanol–water partition coefficient (Wildman–Crippen LogP) is 4.61. The van der Waals surface area contributed by atoms with E-state index in [2.05, 4.69) is 23.5 Å². The minimum atomic E-state index is -0.576. The van der Waals surface area contributed by atoms with Gasteiger partial charge in [-0.15, -0.1) is 11.8 Å². The molecule has 0 fully saturated rings. The standard InChI is InChI=1S/C27H30N2O2S/c1-21-10-9-15-24(16-21)18-29(26(30)20-32-19-23-13-7-4-8-14-23)25(27(31)28-2)17-22-11-5-3-6-12-22/h3-16,25H,17-20H2,1-2H3,(H,28,31)/t25-/m0/s1. The van der Waals surface area contributed by atoms with Gasteiger partial charge in [-0.1, -0.05) is 90.5 Å². The molecule has 1 N–H and O–H groups in total. The van der Waals surface area contributed by atoms with E-state index in [-0.39, 0.29) is 11.8 Å². The third-order valence-corrected chi connectivity index (χ3v) is 6.28. The maximum atomic E-state index is 13.4. The summed E-state index contributed by atoms with van der Waals surface area (Å²) in [5.41, 5.74) is 4.36. The summed E-state index contributed by atoms with van der Waals surface area (Å²) in [6, 6.07) is 27.5. The van der Waals surface area contributed by atoms with Gasteiger partial charge < -0.3 is 10.2 Å². The third-order valence-electron chi connectivity index (χ3n) is 5.29. The number of carbonyl (C=O) groups excluding carboxylic acids is 2. The first-order valence-electron chi connectivity index (χ1n) is 10.8. The maximum Gasteiger partial charge on any atom is 0.242 e. The van der Waals surface area contributed by atoms with Crippen molar-refractivity contribution in [1.82, 2.24) is 10.2 Å². The summed E-state index contributed by atoms with van der Waals surface area (Å²) < 4.78 is 0. The molecule has 5 heteroatoms. The van der Waals surface area contributed by atoms with Crippen molar-refractivity contribution in [2.75, 3.05) is 12.8 Å². The zero-order chi connectivity index (χ0) is 22.8. The highest BCUT2D eigenvalue weighted by atomic mass is 32.2. The van der Waals surface area contributed by atoms with Crippen LogP contribution < -0.4 is 5.32 Å². The molecule has 0 bridgehead atoms. The molecule has 0 spiro atoms. The van der Waals surface area contributed by atoms with Crippen LogP contribution in [0.2, 0.25) is 0 Å². The molecule has 0 aliphatic carbocycles. The summed E-state index contributed by atoms with van der Waals surface area (Å²) in [4.78, 5) is 28.0. The molecule has 2 amide bonds. The van der Waals surface area contributed by atoms with Gasteiger partial charge in [-0.05, 0) is 23.6 Å². The molecule has 0 aliphatic heterocycles. The molecule has 0 radical (unpaired) electrons. The van der Waals surface area contributed by atoms with Crippen LogP contribution in [0.25, 0.3) is 0 Å². The van der Waals surface area contributed by atoms with E-state index in [9.17, 15) is 9.59 Å². The Labute approximate surface area is 195 Å². The number of nitrogens with zero attached hydrogens (tertiary/aromatic N) is 1. The first kappa shape index (κ1) is 23.6. The van der Waals surface area contributed by atoms with E-state index in [1.54, 1.807) is 23.7 Å². The number of carbonyl (C=O) groups is 2. The van der Waals surface area contributed by atoms with Gasteiger partial charge in [0.2, 0.25) is 11.8 Å². The molecule has 3 aromatic carbocycles. The summed E-state index contributed by atoms with van der Waals surface area (Å²) in [5.74, 6) is 0.900. The summed E-state index contributed by atoms with van der Waals surface area (Å²) in [5, 5.41) is 2.76. The zero-order valence-electron chi connectivity index (χ0n) is 18.7. The lowest BCUT2D eigenvalue weighted by molar-refractivity contribution is -0.139. The van der Waals surface area contributed by atoms with Crippen molar-refractivity contribution in [1.29, 1.82) is 0 Å². The largest absolute Gasteiger partial charge is 0.357 e. The van der Waals surface area contributed by atoms with Gasteiger partial charge in [-0.25, -0.2) is 0 Å². The fraction of sp³-hybridized carbons (Fsp3) is 0.259. The van der Waals surface area contributed by atoms with Crippen LogP contribution in [-0.2, 0) is 28.3 Å². The Morgan fingerprint density at radius 1 is 0.875 bits per heavy atom. The lowest BCUT2D eigenvalue weighted by Gasteiger charge is -2.31. The smallest absolute Gasteiger partial charge is 0.242 e. The van der Waals surface area contributed by atoms with Crippen LogP contribution in [0.5, 0.6) is 0 Å². The molecule has 0 heterocycles. The predicted molar refractivity (Wildman–Crippen MR) is 132 cm³/mol. The summed E-state index contributed by atoms with van der Waals surface area (Å²) in [6.07, 6.45) is 0.474. The Balaban J connectivity index is 1.81. The fourth-order valence-electron chi connectivity index (χ4n) is 3.64. The van der Waals surface area contributed by atoms with E-state index in [1.807, 2.05) is 73.7 Å². The third kappa shape index (κ3) is 6.99. The van der Waals surface area contributed by atoms with Crippen LogP contribution in [0.3, 0.4) is 0 Å². The van der Waals surface area contributed by atoms with Gasteiger partial charge in [0.25, 0.3) is 0 Å². The molecular weight excluding hydrogens is 416 g/mol. The van der Waals surface area contributed by atoms with Crippen molar-refractivity contribution in [3.8, 4) is 0 Å². The van der Waals surface area contributed by atoms with Crippen LogP contribution in [-0.4, -0.2) is 35.6 Å². The molecule has 0 unspecified atom stereocenters. The van der Waals surface area contributed by atoms with Gasteiger partial charge in [-0.3, -0.25) is 9.59 Å². The SMILES string of the molecule is CNC(=O)[C@H](Cc1ccccc1)N(Cc1cccc(C)c1)C(=O)CSCc1ccccc1. The number of benzene rings is 3. The second-order valence-electron chi connectivity index (χ2n) is 7.81.